The van der Waals surface area contributed by atoms with Crippen molar-refractivity contribution in [1.29, 1.82) is 0 Å². The number of rotatable bonds is 2. The topological polar surface area (TPSA) is 19.4 Å². The Morgan fingerprint density at radius 2 is 1.83 bits per heavy atom. The maximum absolute atomic E-state index is 13.2. The van der Waals surface area contributed by atoms with Gasteiger partial charge < -0.3 is 4.90 Å². The number of hydrogen-bond acceptors (Lipinski definition) is 3. The SMILES string of the molecule is FC(F)(F)c1cccnc1N1CCN(C2CC3CCC2C3)CC1. The largest absolute Gasteiger partial charge is 0.419 e. The highest BCUT2D eigenvalue weighted by molar-refractivity contribution is 5.48. The van der Waals surface area contributed by atoms with Crippen molar-refractivity contribution in [3.63, 3.8) is 0 Å². The zero-order valence-corrected chi connectivity index (χ0v) is 13.1. The first kappa shape index (κ1) is 15.2. The van der Waals surface area contributed by atoms with Crippen molar-refractivity contribution in [2.45, 2.75) is 37.9 Å². The number of piperazine rings is 1. The van der Waals surface area contributed by atoms with Crippen LogP contribution in [0.3, 0.4) is 0 Å². The minimum absolute atomic E-state index is 0.0904. The Kier molecular flexibility index (Phi) is 3.75. The van der Waals surface area contributed by atoms with E-state index < -0.39 is 11.7 Å². The summed E-state index contributed by atoms with van der Waals surface area (Å²) in [7, 11) is 0. The second-order valence-corrected chi connectivity index (χ2v) is 7.14. The first-order valence-electron chi connectivity index (χ1n) is 8.53. The minimum atomic E-state index is -4.34. The van der Waals surface area contributed by atoms with Gasteiger partial charge in [0.1, 0.15) is 5.82 Å². The molecule has 1 aliphatic heterocycles. The van der Waals surface area contributed by atoms with Crippen LogP contribution in [-0.2, 0) is 6.18 Å². The smallest absolute Gasteiger partial charge is 0.354 e. The molecule has 1 saturated heterocycles. The summed E-state index contributed by atoms with van der Waals surface area (Å²) >= 11 is 0. The van der Waals surface area contributed by atoms with Gasteiger partial charge in [0.25, 0.3) is 0 Å². The van der Waals surface area contributed by atoms with Gasteiger partial charge in [0, 0.05) is 38.4 Å². The zero-order chi connectivity index (χ0) is 16.0. The molecular weight excluding hydrogens is 303 g/mol. The first-order chi connectivity index (χ1) is 11.0. The second-order valence-electron chi connectivity index (χ2n) is 7.14. The van der Waals surface area contributed by atoms with Crippen molar-refractivity contribution in [3.8, 4) is 0 Å². The molecule has 0 aromatic carbocycles. The van der Waals surface area contributed by atoms with Crippen LogP contribution in [0.5, 0.6) is 0 Å². The van der Waals surface area contributed by atoms with Gasteiger partial charge in [0.2, 0.25) is 0 Å². The molecule has 3 nitrogen and oxygen atoms in total. The molecule has 4 rings (SSSR count). The van der Waals surface area contributed by atoms with E-state index in [-0.39, 0.29) is 5.82 Å². The van der Waals surface area contributed by atoms with Crippen LogP contribution >= 0.6 is 0 Å². The number of nitrogens with zero attached hydrogens (tertiary/aromatic N) is 3. The lowest BCUT2D eigenvalue weighted by Crippen LogP contribution is -2.52. The molecule has 2 aliphatic carbocycles. The lowest BCUT2D eigenvalue weighted by Gasteiger charge is -2.41. The highest BCUT2D eigenvalue weighted by Gasteiger charge is 2.43. The number of fused-ring (bicyclic) bond motifs is 2. The van der Waals surface area contributed by atoms with Crippen LogP contribution < -0.4 is 4.90 Å². The highest BCUT2D eigenvalue weighted by atomic mass is 19.4. The molecule has 0 spiro atoms. The van der Waals surface area contributed by atoms with Crippen molar-refractivity contribution in [2.75, 3.05) is 31.1 Å². The maximum atomic E-state index is 13.2. The van der Waals surface area contributed by atoms with Crippen LogP contribution in [-0.4, -0.2) is 42.1 Å². The maximum Gasteiger partial charge on any atom is 0.419 e. The summed E-state index contributed by atoms with van der Waals surface area (Å²) < 4.78 is 39.5. The van der Waals surface area contributed by atoms with Crippen molar-refractivity contribution >= 4 is 5.82 Å². The van der Waals surface area contributed by atoms with Gasteiger partial charge in [0.15, 0.2) is 0 Å². The number of hydrogen-bond donors (Lipinski definition) is 0. The second kappa shape index (κ2) is 5.65. The number of alkyl halides is 3. The van der Waals surface area contributed by atoms with Gasteiger partial charge in [-0.25, -0.2) is 4.98 Å². The Balaban J connectivity index is 1.44. The zero-order valence-electron chi connectivity index (χ0n) is 13.1. The molecule has 126 valence electrons. The van der Waals surface area contributed by atoms with Crippen LogP contribution in [0.1, 0.15) is 31.2 Å². The third-order valence-corrected chi connectivity index (χ3v) is 5.88. The Morgan fingerprint density at radius 1 is 1.04 bits per heavy atom. The molecule has 3 fully saturated rings. The predicted octanol–water partition coefficient (Wildman–Crippen LogP) is 3.41. The molecule has 3 atom stereocenters. The Hall–Kier alpha value is -1.30. The molecule has 2 saturated carbocycles. The summed E-state index contributed by atoms with van der Waals surface area (Å²) in [5, 5.41) is 0. The van der Waals surface area contributed by atoms with Gasteiger partial charge in [-0.1, -0.05) is 6.42 Å². The average molecular weight is 325 g/mol. The van der Waals surface area contributed by atoms with Crippen LogP contribution in [0.25, 0.3) is 0 Å². The van der Waals surface area contributed by atoms with E-state index in [9.17, 15) is 13.2 Å². The van der Waals surface area contributed by atoms with Gasteiger partial charge in [0.05, 0.1) is 5.56 Å². The molecule has 2 bridgehead atoms. The number of aromatic nitrogens is 1. The van der Waals surface area contributed by atoms with Gasteiger partial charge in [-0.15, -0.1) is 0 Å². The number of halogens is 3. The molecule has 0 amide bonds. The summed E-state index contributed by atoms with van der Waals surface area (Å²) in [5.41, 5.74) is -0.617. The van der Waals surface area contributed by atoms with E-state index in [1.807, 2.05) is 0 Å². The summed E-state index contributed by atoms with van der Waals surface area (Å²) in [4.78, 5) is 8.33. The first-order valence-corrected chi connectivity index (χ1v) is 8.53. The quantitative estimate of drug-likeness (QED) is 0.831. The molecule has 1 aromatic rings. The summed E-state index contributed by atoms with van der Waals surface area (Å²) in [6, 6.07) is 3.16. The normalized spacial score (nSPS) is 31.8. The van der Waals surface area contributed by atoms with Crippen LogP contribution in [0, 0.1) is 11.8 Å². The van der Waals surface area contributed by atoms with Gasteiger partial charge >= 0.3 is 6.18 Å². The van der Waals surface area contributed by atoms with Crippen LogP contribution in [0.15, 0.2) is 18.3 Å². The summed E-state index contributed by atoms with van der Waals surface area (Å²) in [5.74, 6) is 1.82. The standard InChI is InChI=1S/C17H22F3N3/c18-17(19,20)14-2-1-5-21-16(14)23-8-6-22(7-9-23)15-11-12-3-4-13(15)10-12/h1-2,5,12-13,15H,3-4,6-11H2. The monoisotopic (exact) mass is 325 g/mol. The van der Waals surface area contributed by atoms with Gasteiger partial charge in [-0.2, -0.15) is 13.2 Å². The molecule has 23 heavy (non-hydrogen) atoms. The molecule has 3 unspecified atom stereocenters. The Labute approximate surface area is 134 Å². The Morgan fingerprint density at radius 3 is 2.43 bits per heavy atom. The van der Waals surface area contributed by atoms with Gasteiger partial charge in [-0.05, 0) is 43.2 Å². The minimum Gasteiger partial charge on any atom is -0.354 e. The molecule has 0 N–H and O–H groups in total. The fraction of sp³-hybridized carbons (Fsp3) is 0.706. The fourth-order valence-corrected chi connectivity index (χ4v) is 4.79. The van der Waals surface area contributed by atoms with Crippen LogP contribution in [0.2, 0.25) is 0 Å². The lowest BCUT2D eigenvalue weighted by molar-refractivity contribution is -0.137. The predicted molar refractivity (Wildman–Crippen MR) is 82.3 cm³/mol. The van der Waals surface area contributed by atoms with E-state index in [1.165, 1.54) is 37.9 Å². The molecule has 3 aliphatic rings. The van der Waals surface area contributed by atoms with Crippen LogP contribution in [0.4, 0.5) is 19.0 Å². The Bertz CT molecular complexity index is 566. The molecule has 2 heterocycles. The van der Waals surface area contributed by atoms with E-state index in [0.717, 1.165) is 31.0 Å². The molecular formula is C17H22F3N3. The fourth-order valence-electron chi connectivity index (χ4n) is 4.79. The van der Waals surface area contributed by atoms with Gasteiger partial charge in [-0.3, -0.25) is 4.90 Å². The lowest BCUT2D eigenvalue weighted by atomic mass is 9.93. The average Bonchev–Trinajstić information content (AvgIpc) is 3.17. The highest BCUT2D eigenvalue weighted by Crippen LogP contribution is 2.47. The van der Waals surface area contributed by atoms with E-state index in [0.29, 0.717) is 19.1 Å². The van der Waals surface area contributed by atoms with Crippen molar-refractivity contribution < 1.29 is 13.2 Å². The molecule has 1 aromatic heterocycles. The summed E-state index contributed by atoms with van der Waals surface area (Å²) in [6.45, 7) is 2.96. The molecule has 0 radical (unpaired) electrons. The van der Waals surface area contributed by atoms with E-state index in [4.69, 9.17) is 0 Å². The van der Waals surface area contributed by atoms with E-state index in [2.05, 4.69) is 9.88 Å². The number of pyridine rings is 1. The summed E-state index contributed by atoms with van der Waals surface area (Å²) in [6.07, 6.45) is 2.49. The van der Waals surface area contributed by atoms with Crippen molar-refractivity contribution in [2.24, 2.45) is 11.8 Å². The number of anilines is 1. The van der Waals surface area contributed by atoms with E-state index >= 15 is 0 Å². The van der Waals surface area contributed by atoms with Crippen molar-refractivity contribution in [3.05, 3.63) is 23.9 Å². The van der Waals surface area contributed by atoms with Crippen molar-refractivity contribution in [1.82, 2.24) is 9.88 Å². The van der Waals surface area contributed by atoms with E-state index in [1.54, 1.807) is 4.90 Å². The molecule has 6 heteroatoms. The third kappa shape index (κ3) is 2.82. The third-order valence-electron chi connectivity index (χ3n) is 5.88.